The van der Waals surface area contributed by atoms with Crippen LogP contribution in [-0.2, 0) is 9.47 Å². The summed E-state index contributed by atoms with van der Waals surface area (Å²) in [7, 11) is 0. The van der Waals surface area contributed by atoms with Gasteiger partial charge in [0.15, 0.2) is 0 Å². The summed E-state index contributed by atoms with van der Waals surface area (Å²) < 4.78 is 11.1. The topological polar surface area (TPSA) is 33.7 Å². The third kappa shape index (κ3) is 3.17. The largest absolute Gasteiger partial charge is 0.375 e. The Morgan fingerprint density at radius 3 is 1.95 bits per heavy atom. The minimum Gasteiger partial charge on any atom is -0.375 e. The van der Waals surface area contributed by atoms with Crippen LogP contribution in [0.15, 0.2) is 60.7 Å². The van der Waals surface area contributed by atoms with Crippen molar-refractivity contribution < 1.29 is 9.47 Å². The molecule has 1 aliphatic rings. The van der Waals surface area contributed by atoms with Gasteiger partial charge in [0.25, 0.3) is 0 Å². The molecule has 0 aromatic heterocycles. The average molecular weight is 270 g/mol. The van der Waals surface area contributed by atoms with Crippen LogP contribution < -0.4 is 10.4 Å². The van der Waals surface area contributed by atoms with Crippen molar-refractivity contribution in [3.05, 3.63) is 60.7 Å². The molecule has 0 spiro atoms. The first-order valence-electron chi connectivity index (χ1n) is 6.79. The molecule has 1 fully saturated rings. The molecule has 104 valence electrons. The van der Waals surface area contributed by atoms with Crippen LogP contribution in [0.3, 0.4) is 0 Å². The summed E-state index contributed by atoms with van der Waals surface area (Å²) >= 11 is 0. The number of hydrogen-bond acceptors (Lipinski definition) is 4. The molecule has 0 saturated carbocycles. The molecule has 2 aromatic carbocycles. The Kier molecular flexibility index (Phi) is 4.28. The maximum atomic E-state index is 5.67. The standard InChI is InChI=1S/C16H18N2O2/c1-3-7-14(8-4-1)18(15-9-5-2-6-10-15)17-16-13-19-11-12-20-16/h1-10,16-17H,11-13H2. The van der Waals surface area contributed by atoms with Gasteiger partial charge in [0, 0.05) is 0 Å². The van der Waals surface area contributed by atoms with Crippen molar-refractivity contribution in [1.29, 1.82) is 0 Å². The van der Waals surface area contributed by atoms with Gasteiger partial charge >= 0.3 is 0 Å². The first kappa shape index (κ1) is 13.1. The molecule has 0 amide bonds. The zero-order valence-electron chi connectivity index (χ0n) is 11.2. The van der Waals surface area contributed by atoms with Gasteiger partial charge in [-0.15, -0.1) is 0 Å². The van der Waals surface area contributed by atoms with E-state index < -0.39 is 0 Å². The van der Waals surface area contributed by atoms with E-state index >= 15 is 0 Å². The van der Waals surface area contributed by atoms with Crippen LogP contribution in [0.2, 0.25) is 0 Å². The molecule has 0 radical (unpaired) electrons. The van der Waals surface area contributed by atoms with Gasteiger partial charge in [0.1, 0.15) is 6.23 Å². The van der Waals surface area contributed by atoms with E-state index in [2.05, 4.69) is 29.7 Å². The van der Waals surface area contributed by atoms with Gasteiger partial charge in [0.05, 0.1) is 31.2 Å². The van der Waals surface area contributed by atoms with E-state index in [-0.39, 0.29) is 6.23 Å². The van der Waals surface area contributed by atoms with Crippen LogP contribution in [0.1, 0.15) is 0 Å². The lowest BCUT2D eigenvalue weighted by Crippen LogP contribution is -2.48. The van der Waals surface area contributed by atoms with E-state index in [4.69, 9.17) is 9.47 Å². The third-order valence-electron chi connectivity index (χ3n) is 3.12. The average Bonchev–Trinajstić information content (AvgIpc) is 2.55. The monoisotopic (exact) mass is 270 g/mol. The van der Waals surface area contributed by atoms with Crippen molar-refractivity contribution in [2.45, 2.75) is 6.23 Å². The van der Waals surface area contributed by atoms with E-state index in [1.807, 2.05) is 41.4 Å². The van der Waals surface area contributed by atoms with Gasteiger partial charge < -0.3 is 9.47 Å². The SMILES string of the molecule is c1ccc(N(NC2COCCO2)c2ccccc2)cc1. The van der Waals surface area contributed by atoms with Crippen LogP contribution >= 0.6 is 0 Å². The van der Waals surface area contributed by atoms with Gasteiger partial charge in [-0.25, -0.2) is 0 Å². The second-order valence-corrected chi connectivity index (χ2v) is 4.57. The second-order valence-electron chi connectivity index (χ2n) is 4.57. The Bertz CT molecular complexity index is 473. The van der Waals surface area contributed by atoms with Crippen LogP contribution in [0.5, 0.6) is 0 Å². The Morgan fingerprint density at radius 2 is 1.45 bits per heavy atom. The van der Waals surface area contributed by atoms with Crippen molar-refractivity contribution in [3.8, 4) is 0 Å². The van der Waals surface area contributed by atoms with Gasteiger partial charge in [-0.2, -0.15) is 5.43 Å². The lowest BCUT2D eigenvalue weighted by Gasteiger charge is -2.32. The Labute approximate surface area is 118 Å². The summed E-state index contributed by atoms with van der Waals surface area (Å²) in [6.45, 7) is 1.83. The summed E-state index contributed by atoms with van der Waals surface area (Å²) in [5, 5.41) is 2.03. The number of anilines is 2. The van der Waals surface area contributed by atoms with Gasteiger partial charge in [-0.1, -0.05) is 36.4 Å². The van der Waals surface area contributed by atoms with Crippen molar-refractivity contribution in [2.75, 3.05) is 24.8 Å². The third-order valence-corrected chi connectivity index (χ3v) is 3.12. The molecular formula is C16H18N2O2. The minimum absolute atomic E-state index is 0.135. The fourth-order valence-corrected chi connectivity index (χ4v) is 2.16. The fourth-order valence-electron chi connectivity index (χ4n) is 2.16. The Balaban J connectivity index is 1.83. The Hall–Kier alpha value is -1.88. The van der Waals surface area contributed by atoms with Gasteiger partial charge in [-0.3, -0.25) is 5.01 Å². The molecular weight excluding hydrogens is 252 g/mol. The highest BCUT2D eigenvalue weighted by molar-refractivity contribution is 5.61. The fraction of sp³-hybridized carbons (Fsp3) is 0.250. The van der Waals surface area contributed by atoms with Crippen molar-refractivity contribution in [3.63, 3.8) is 0 Å². The molecule has 0 bridgehead atoms. The number of benzene rings is 2. The summed E-state index contributed by atoms with van der Waals surface area (Å²) in [5.74, 6) is 0. The molecule has 1 heterocycles. The van der Waals surface area contributed by atoms with Crippen LogP contribution in [-0.4, -0.2) is 26.0 Å². The lowest BCUT2D eigenvalue weighted by molar-refractivity contribution is -0.101. The predicted molar refractivity (Wildman–Crippen MR) is 78.7 cm³/mol. The van der Waals surface area contributed by atoms with Crippen molar-refractivity contribution >= 4 is 11.4 Å². The number of nitrogens with zero attached hydrogens (tertiary/aromatic N) is 1. The quantitative estimate of drug-likeness (QED) is 0.866. The number of hydrazine groups is 1. The number of nitrogens with one attached hydrogen (secondary N) is 1. The van der Waals surface area contributed by atoms with E-state index in [0.717, 1.165) is 11.4 Å². The van der Waals surface area contributed by atoms with E-state index in [0.29, 0.717) is 19.8 Å². The molecule has 1 N–H and O–H groups in total. The van der Waals surface area contributed by atoms with Crippen molar-refractivity contribution in [1.82, 2.24) is 5.43 Å². The lowest BCUT2D eigenvalue weighted by atomic mass is 10.2. The first-order chi connectivity index (χ1) is 9.93. The highest BCUT2D eigenvalue weighted by Gasteiger charge is 2.18. The number of hydrogen-bond donors (Lipinski definition) is 1. The zero-order chi connectivity index (χ0) is 13.6. The zero-order valence-corrected chi connectivity index (χ0v) is 11.2. The van der Waals surface area contributed by atoms with E-state index in [9.17, 15) is 0 Å². The number of para-hydroxylation sites is 2. The number of rotatable bonds is 4. The van der Waals surface area contributed by atoms with E-state index in [1.165, 1.54) is 0 Å². The summed E-state index contributed by atoms with van der Waals surface area (Å²) in [4.78, 5) is 0. The first-order valence-corrected chi connectivity index (χ1v) is 6.79. The van der Waals surface area contributed by atoms with Crippen molar-refractivity contribution in [2.24, 2.45) is 0 Å². The molecule has 1 saturated heterocycles. The van der Waals surface area contributed by atoms with Crippen LogP contribution in [0.25, 0.3) is 0 Å². The van der Waals surface area contributed by atoms with Gasteiger partial charge in [0.2, 0.25) is 0 Å². The summed E-state index contributed by atoms with van der Waals surface area (Å²) in [5.41, 5.74) is 5.50. The molecule has 1 aliphatic heterocycles. The van der Waals surface area contributed by atoms with Crippen LogP contribution in [0.4, 0.5) is 11.4 Å². The molecule has 4 heteroatoms. The highest BCUT2D eigenvalue weighted by Crippen LogP contribution is 2.23. The maximum absolute atomic E-state index is 5.67. The van der Waals surface area contributed by atoms with E-state index in [1.54, 1.807) is 0 Å². The molecule has 3 rings (SSSR count). The highest BCUT2D eigenvalue weighted by atomic mass is 16.6. The second kappa shape index (κ2) is 6.52. The normalized spacial score (nSPS) is 18.7. The molecule has 4 nitrogen and oxygen atoms in total. The van der Waals surface area contributed by atoms with Crippen LogP contribution in [0, 0.1) is 0 Å². The maximum Gasteiger partial charge on any atom is 0.148 e. The Morgan fingerprint density at radius 1 is 0.850 bits per heavy atom. The molecule has 0 aliphatic carbocycles. The molecule has 1 unspecified atom stereocenters. The minimum atomic E-state index is -0.135. The molecule has 20 heavy (non-hydrogen) atoms. The summed E-state index contributed by atoms with van der Waals surface area (Å²) in [6, 6.07) is 20.3. The smallest absolute Gasteiger partial charge is 0.148 e. The summed E-state index contributed by atoms with van der Waals surface area (Å²) in [6.07, 6.45) is -0.135. The predicted octanol–water partition coefficient (Wildman–Crippen LogP) is 2.70. The molecule has 1 atom stereocenters. The molecule has 2 aromatic rings. The van der Waals surface area contributed by atoms with Gasteiger partial charge in [-0.05, 0) is 24.3 Å². The number of ether oxygens (including phenoxy) is 2.